The van der Waals surface area contributed by atoms with Crippen LogP contribution >= 0.6 is 0 Å². The number of ether oxygens (including phenoxy) is 1. The first-order chi connectivity index (χ1) is 10.8. The molecule has 0 aliphatic carbocycles. The monoisotopic (exact) mass is 297 g/mol. The molecule has 22 heavy (non-hydrogen) atoms. The Morgan fingerprint density at radius 3 is 2.77 bits per heavy atom. The molecule has 7 heteroatoms. The minimum absolute atomic E-state index is 0.160. The largest absolute Gasteiger partial charge is 0.491 e. The third kappa shape index (κ3) is 3.64. The van der Waals surface area contributed by atoms with Crippen LogP contribution in [0.4, 0.5) is 0 Å². The van der Waals surface area contributed by atoms with Crippen LogP contribution in [0.3, 0.4) is 0 Å². The lowest BCUT2D eigenvalue weighted by Crippen LogP contribution is -2.24. The van der Waals surface area contributed by atoms with E-state index in [2.05, 4.69) is 20.4 Å². The van der Waals surface area contributed by atoms with Crippen LogP contribution < -0.4 is 4.74 Å². The Morgan fingerprint density at radius 2 is 2.00 bits per heavy atom. The highest BCUT2D eigenvalue weighted by atomic mass is 16.5. The molecule has 3 aromatic rings. The maximum atomic E-state index is 9.98. The molecule has 112 valence electrons. The second kappa shape index (κ2) is 6.77. The summed E-state index contributed by atoms with van der Waals surface area (Å²) in [6.07, 6.45) is 2.62. The normalized spacial score (nSPS) is 12.0. The third-order valence-corrected chi connectivity index (χ3v) is 2.93. The Hall–Kier alpha value is -2.80. The number of aromatic nitrogens is 5. The SMILES string of the molecule is O[C@H](COc1ccccc1)Cn1nnc(-c2cccnc2)n1. The Balaban J connectivity index is 1.56. The molecule has 0 spiro atoms. The fourth-order valence-electron chi connectivity index (χ4n) is 1.88. The van der Waals surface area contributed by atoms with Crippen molar-refractivity contribution in [2.75, 3.05) is 6.61 Å². The topological polar surface area (TPSA) is 86.0 Å². The lowest BCUT2D eigenvalue weighted by Gasteiger charge is -2.11. The minimum Gasteiger partial charge on any atom is -0.491 e. The Morgan fingerprint density at radius 1 is 1.14 bits per heavy atom. The smallest absolute Gasteiger partial charge is 0.206 e. The number of pyridine rings is 1. The van der Waals surface area contributed by atoms with Gasteiger partial charge in [-0.3, -0.25) is 4.98 Å². The van der Waals surface area contributed by atoms with Gasteiger partial charge in [0.1, 0.15) is 18.5 Å². The fourth-order valence-corrected chi connectivity index (χ4v) is 1.88. The van der Waals surface area contributed by atoms with Gasteiger partial charge in [-0.1, -0.05) is 18.2 Å². The zero-order valence-electron chi connectivity index (χ0n) is 11.8. The molecule has 7 nitrogen and oxygen atoms in total. The van der Waals surface area contributed by atoms with E-state index < -0.39 is 6.10 Å². The van der Waals surface area contributed by atoms with E-state index >= 15 is 0 Å². The molecule has 2 heterocycles. The number of hydrogen-bond donors (Lipinski definition) is 1. The molecule has 0 radical (unpaired) electrons. The van der Waals surface area contributed by atoms with Crippen LogP contribution in [0.2, 0.25) is 0 Å². The Bertz CT molecular complexity index is 702. The van der Waals surface area contributed by atoms with Gasteiger partial charge in [-0.25, -0.2) is 0 Å². The highest BCUT2D eigenvalue weighted by Crippen LogP contribution is 2.11. The van der Waals surface area contributed by atoms with E-state index in [-0.39, 0.29) is 13.2 Å². The standard InChI is InChI=1S/C15H15N5O2/c21-13(11-22-14-6-2-1-3-7-14)10-20-18-15(17-19-20)12-5-4-8-16-9-12/h1-9,13,21H,10-11H2/t13-/m0/s1. The van der Waals surface area contributed by atoms with Gasteiger partial charge in [0, 0.05) is 18.0 Å². The molecule has 0 aliphatic heterocycles. The summed E-state index contributed by atoms with van der Waals surface area (Å²) in [6.45, 7) is 0.369. The molecule has 0 bridgehead atoms. The predicted octanol–water partition coefficient (Wildman–Crippen LogP) is 1.17. The number of para-hydroxylation sites is 1. The van der Waals surface area contributed by atoms with Crippen molar-refractivity contribution >= 4 is 0 Å². The minimum atomic E-state index is -0.726. The van der Waals surface area contributed by atoms with Gasteiger partial charge >= 0.3 is 0 Å². The van der Waals surface area contributed by atoms with Gasteiger partial charge in [0.2, 0.25) is 5.82 Å². The molecular formula is C15H15N5O2. The molecule has 1 N–H and O–H groups in total. The molecule has 2 aromatic heterocycles. The molecular weight excluding hydrogens is 282 g/mol. The highest BCUT2D eigenvalue weighted by Gasteiger charge is 2.11. The molecule has 0 aliphatic rings. The summed E-state index contributed by atoms with van der Waals surface area (Å²) >= 11 is 0. The number of aliphatic hydroxyl groups is 1. The summed E-state index contributed by atoms with van der Waals surface area (Å²) in [6, 6.07) is 13.0. The van der Waals surface area contributed by atoms with Crippen LogP contribution in [-0.2, 0) is 6.54 Å². The van der Waals surface area contributed by atoms with Crippen LogP contribution in [0.15, 0.2) is 54.9 Å². The lowest BCUT2D eigenvalue weighted by molar-refractivity contribution is 0.0850. The number of benzene rings is 1. The third-order valence-electron chi connectivity index (χ3n) is 2.93. The Kier molecular flexibility index (Phi) is 4.35. The zero-order valence-corrected chi connectivity index (χ0v) is 11.8. The number of tetrazole rings is 1. The summed E-state index contributed by atoms with van der Waals surface area (Å²) in [5, 5.41) is 22.1. The van der Waals surface area contributed by atoms with Gasteiger partial charge in [-0.05, 0) is 29.5 Å². The Labute approximate surface area is 127 Å². The quantitative estimate of drug-likeness (QED) is 0.735. The summed E-state index contributed by atoms with van der Waals surface area (Å²) in [5.74, 6) is 1.19. The molecule has 0 saturated carbocycles. The van der Waals surface area contributed by atoms with Crippen molar-refractivity contribution in [2.45, 2.75) is 12.6 Å². The van der Waals surface area contributed by atoms with Crippen LogP contribution in [0.25, 0.3) is 11.4 Å². The van der Waals surface area contributed by atoms with Gasteiger partial charge in [0.25, 0.3) is 0 Å². The number of aliphatic hydroxyl groups excluding tert-OH is 1. The van der Waals surface area contributed by atoms with Gasteiger partial charge < -0.3 is 9.84 Å². The van der Waals surface area contributed by atoms with Crippen LogP contribution in [0.1, 0.15) is 0 Å². The van der Waals surface area contributed by atoms with Crippen LogP contribution in [0.5, 0.6) is 5.75 Å². The van der Waals surface area contributed by atoms with E-state index in [4.69, 9.17) is 4.74 Å². The molecule has 1 atom stereocenters. The lowest BCUT2D eigenvalue weighted by atomic mass is 10.3. The van der Waals surface area contributed by atoms with Crippen molar-refractivity contribution in [1.82, 2.24) is 25.2 Å². The van der Waals surface area contributed by atoms with Crippen molar-refractivity contribution in [2.24, 2.45) is 0 Å². The predicted molar refractivity (Wildman–Crippen MR) is 79.0 cm³/mol. The number of rotatable bonds is 6. The molecule has 0 saturated heterocycles. The summed E-state index contributed by atoms with van der Waals surface area (Å²) in [4.78, 5) is 5.36. The van der Waals surface area contributed by atoms with Gasteiger partial charge in [0.05, 0.1) is 6.54 Å². The van der Waals surface area contributed by atoms with E-state index in [1.54, 1.807) is 18.5 Å². The number of hydrogen-bond acceptors (Lipinski definition) is 6. The first kappa shape index (κ1) is 14.2. The van der Waals surface area contributed by atoms with Crippen molar-refractivity contribution in [3.8, 4) is 17.1 Å². The molecule has 0 unspecified atom stereocenters. The van der Waals surface area contributed by atoms with Crippen molar-refractivity contribution in [3.63, 3.8) is 0 Å². The molecule has 1 aromatic carbocycles. The van der Waals surface area contributed by atoms with Crippen molar-refractivity contribution in [1.29, 1.82) is 0 Å². The van der Waals surface area contributed by atoms with E-state index in [0.717, 1.165) is 5.56 Å². The van der Waals surface area contributed by atoms with Crippen LogP contribution in [0, 0.1) is 0 Å². The zero-order chi connectivity index (χ0) is 15.2. The maximum Gasteiger partial charge on any atom is 0.206 e. The summed E-state index contributed by atoms with van der Waals surface area (Å²) in [5.41, 5.74) is 0.781. The average Bonchev–Trinajstić information content (AvgIpc) is 3.03. The van der Waals surface area contributed by atoms with Gasteiger partial charge in [-0.2, -0.15) is 4.80 Å². The summed E-state index contributed by atoms with van der Waals surface area (Å²) < 4.78 is 5.48. The van der Waals surface area contributed by atoms with Crippen molar-refractivity contribution in [3.05, 3.63) is 54.9 Å². The molecule has 0 amide bonds. The van der Waals surface area contributed by atoms with Gasteiger partial charge in [0.15, 0.2) is 0 Å². The molecule has 0 fully saturated rings. The molecule has 3 rings (SSSR count). The number of nitrogens with zero attached hydrogens (tertiary/aromatic N) is 5. The van der Waals surface area contributed by atoms with Crippen LogP contribution in [-0.4, -0.2) is 43.0 Å². The van der Waals surface area contributed by atoms with E-state index in [9.17, 15) is 5.11 Å². The maximum absolute atomic E-state index is 9.98. The highest BCUT2D eigenvalue weighted by molar-refractivity contribution is 5.51. The fraction of sp³-hybridized carbons (Fsp3) is 0.200. The van der Waals surface area contributed by atoms with Gasteiger partial charge in [-0.15, -0.1) is 10.2 Å². The van der Waals surface area contributed by atoms with E-state index in [1.165, 1.54) is 4.80 Å². The van der Waals surface area contributed by atoms with Crippen molar-refractivity contribution < 1.29 is 9.84 Å². The second-order valence-electron chi connectivity index (χ2n) is 4.69. The van der Waals surface area contributed by atoms with E-state index in [1.807, 2.05) is 36.4 Å². The summed E-state index contributed by atoms with van der Waals surface area (Å²) in [7, 11) is 0. The van der Waals surface area contributed by atoms with E-state index in [0.29, 0.717) is 11.6 Å². The first-order valence-electron chi connectivity index (χ1n) is 6.85. The second-order valence-corrected chi connectivity index (χ2v) is 4.69. The average molecular weight is 297 g/mol. The first-order valence-corrected chi connectivity index (χ1v) is 6.85.